The molecule has 0 aliphatic heterocycles. The number of hydrogen-bond acceptors (Lipinski definition) is 9. The minimum absolute atomic E-state index is 0.164. The fourth-order valence-corrected chi connectivity index (χ4v) is 5.46. The van der Waals surface area contributed by atoms with E-state index in [1.165, 1.54) is 20.1 Å². The van der Waals surface area contributed by atoms with Crippen molar-refractivity contribution < 1.29 is 23.8 Å². The van der Waals surface area contributed by atoms with Crippen molar-refractivity contribution in [2.24, 2.45) is 0 Å². The van der Waals surface area contributed by atoms with Crippen LogP contribution in [-0.4, -0.2) is 53.8 Å². The lowest BCUT2D eigenvalue weighted by molar-refractivity contribution is -0.122. The summed E-state index contributed by atoms with van der Waals surface area (Å²) in [7, 11) is 4.64. The lowest BCUT2D eigenvalue weighted by Crippen LogP contribution is -2.38. The third kappa shape index (κ3) is 5.81. The van der Waals surface area contributed by atoms with Crippen molar-refractivity contribution in [1.29, 1.82) is 0 Å². The molecule has 12 nitrogen and oxygen atoms in total. The maximum atomic E-state index is 13.6. The van der Waals surface area contributed by atoms with Crippen LogP contribution in [0.3, 0.4) is 0 Å². The molecule has 2 aromatic carbocycles. The second kappa shape index (κ2) is 12.4. The second-order valence-electron chi connectivity index (χ2n) is 10.2. The van der Waals surface area contributed by atoms with E-state index in [-0.39, 0.29) is 29.5 Å². The summed E-state index contributed by atoms with van der Waals surface area (Å²) in [6, 6.07) is 11.2. The first-order chi connectivity index (χ1) is 20.7. The molecule has 1 aliphatic rings. The Balaban J connectivity index is 1.50. The molecule has 0 spiro atoms. The quantitative estimate of drug-likeness (QED) is 0.269. The van der Waals surface area contributed by atoms with Crippen LogP contribution < -0.4 is 35.6 Å². The molecule has 43 heavy (non-hydrogen) atoms. The van der Waals surface area contributed by atoms with E-state index < -0.39 is 12.1 Å². The first kappa shape index (κ1) is 29.4. The summed E-state index contributed by atoms with van der Waals surface area (Å²) in [6.45, 7) is 3.28. The average Bonchev–Trinajstić information content (AvgIpc) is 3.28. The number of benzene rings is 1. The Morgan fingerprint density at radius 3 is 2.56 bits per heavy atom. The number of carbonyl (C=O) groups is 2. The first-order valence-corrected chi connectivity index (χ1v) is 13.9. The maximum Gasteiger partial charge on any atom is 0.242 e. The van der Waals surface area contributed by atoms with E-state index in [0.717, 1.165) is 11.1 Å². The van der Waals surface area contributed by atoms with Gasteiger partial charge in [-0.2, -0.15) is 0 Å². The molecule has 0 bridgehead atoms. The molecule has 2 heterocycles. The van der Waals surface area contributed by atoms with Crippen LogP contribution in [0.25, 0.3) is 16.8 Å². The Morgan fingerprint density at radius 2 is 1.84 bits per heavy atom. The van der Waals surface area contributed by atoms with Gasteiger partial charge >= 0.3 is 0 Å². The molecular formula is C31H34N6O6. The molecule has 12 heteroatoms. The van der Waals surface area contributed by atoms with Gasteiger partial charge in [0, 0.05) is 18.7 Å². The summed E-state index contributed by atoms with van der Waals surface area (Å²) < 4.78 is 18.8. The predicted molar refractivity (Wildman–Crippen MR) is 161 cm³/mol. The topological polar surface area (TPSA) is 145 Å². The number of fused-ring (bicyclic) bond motifs is 4. The minimum atomic E-state index is -0.744. The number of amides is 2. The van der Waals surface area contributed by atoms with Gasteiger partial charge in [0.15, 0.2) is 23.0 Å². The highest BCUT2D eigenvalue weighted by molar-refractivity contribution is 5.85. The summed E-state index contributed by atoms with van der Waals surface area (Å²) in [6.07, 6.45) is 2.96. The van der Waals surface area contributed by atoms with Crippen LogP contribution in [0.1, 0.15) is 43.3 Å². The SMILES string of the molecule is COc1cc2c(c(OC)c1OC)-c1ccc(N[C@@H](C)C(=O)NCc3nnc4ccccn34)c(=O)cc1[C@@H](NC(C)=O)CC2. The summed E-state index contributed by atoms with van der Waals surface area (Å²) in [4.78, 5) is 38.7. The van der Waals surface area contributed by atoms with Gasteiger partial charge in [0.05, 0.1) is 39.6 Å². The van der Waals surface area contributed by atoms with Gasteiger partial charge in [-0.3, -0.25) is 18.8 Å². The number of hydrogen-bond donors (Lipinski definition) is 3. The number of carbonyl (C=O) groups excluding carboxylic acids is 2. The molecule has 0 unspecified atom stereocenters. The molecule has 0 radical (unpaired) electrons. The second-order valence-corrected chi connectivity index (χ2v) is 10.2. The average molecular weight is 587 g/mol. The first-order valence-electron chi connectivity index (χ1n) is 13.9. The number of nitrogens with one attached hydrogen (secondary N) is 3. The van der Waals surface area contributed by atoms with E-state index in [0.29, 0.717) is 52.7 Å². The molecule has 2 atom stereocenters. The lowest BCUT2D eigenvalue weighted by atomic mass is 9.95. The predicted octanol–water partition coefficient (Wildman–Crippen LogP) is 3.02. The van der Waals surface area contributed by atoms with E-state index >= 15 is 0 Å². The summed E-state index contributed by atoms with van der Waals surface area (Å²) in [5.41, 5.74) is 3.57. The molecule has 5 rings (SSSR count). The van der Waals surface area contributed by atoms with Gasteiger partial charge in [0.2, 0.25) is 23.0 Å². The minimum Gasteiger partial charge on any atom is -0.493 e. The molecule has 1 aliphatic carbocycles. The number of pyridine rings is 1. The van der Waals surface area contributed by atoms with E-state index in [4.69, 9.17) is 14.2 Å². The van der Waals surface area contributed by atoms with Gasteiger partial charge in [0.1, 0.15) is 6.04 Å². The molecule has 2 amide bonds. The highest BCUT2D eigenvalue weighted by Gasteiger charge is 2.29. The zero-order valence-corrected chi connectivity index (χ0v) is 24.7. The van der Waals surface area contributed by atoms with Gasteiger partial charge in [-0.25, -0.2) is 0 Å². The van der Waals surface area contributed by atoms with Crippen LogP contribution in [0.4, 0.5) is 5.69 Å². The molecular weight excluding hydrogens is 552 g/mol. The zero-order chi connectivity index (χ0) is 30.7. The van der Waals surface area contributed by atoms with Crippen LogP contribution in [-0.2, 0) is 22.6 Å². The van der Waals surface area contributed by atoms with Crippen molar-refractivity contribution in [3.05, 3.63) is 75.8 Å². The maximum absolute atomic E-state index is 13.6. The van der Waals surface area contributed by atoms with E-state index in [2.05, 4.69) is 26.1 Å². The van der Waals surface area contributed by atoms with Crippen LogP contribution in [0.5, 0.6) is 17.2 Å². The molecule has 0 fully saturated rings. The van der Waals surface area contributed by atoms with E-state index in [9.17, 15) is 14.4 Å². The van der Waals surface area contributed by atoms with Gasteiger partial charge in [-0.15, -0.1) is 10.2 Å². The number of nitrogens with zero attached hydrogens (tertiary/aromatic N) is 3. The molecule has 3 N–H and O–H groups in total. The number of aryl methyl sites for hydroxylation is 1. The largest absolute Gasteiger partial charge is 0.493 e. The molecule has 2 aromatic heterocycles. The molecule has 0 saturated carbocycles. The fourth-order valence-electron chi connectivity index (χ4n) is 5.46. The Labute approximate surface area is 248 Å². The molecule has 224 valence electrons. The number of rotatable bonds is 9. The smallest absolute Gasteiger partial charge is 0.242 e. The Hall–Kier alpha value is -5.13. The number of methoxy groups -OCH3 is 3. The van der Waals surface area contributed by atoms with Crippen LogP contribution in [0.15, 0.2) is 53.5 Å². The Kier molecular flexibility index (Phi) is 8.46. The molecule has 0 saturated heterocycles. The van der Waals surface area contributed by atoms with Crippen molar-refractivity contribution in [1.82, 2.24) is 25.2 Å². The Bertz CT molecular complexity index is 1750. The van der Waals surface area contributed by atoms with Gasteiger partial charge < -0.3 is 30.2 Å². The van der Waals surface area contributed by atoms with Crippen LogP contribution >= 0.6 is 0 Å². The van der Waals surface area contributed by atoms with Gasteiger partial charge in [0.25, 0.3) is 0 Å². The van der Waals surface area contributed by atoms with Crippen LogP contribution in [0, 0.1) is 0 Å². The van der Waals surface area contributed by atoms with Gasteiger partial charge in [-0.1, -0.05) is 12.1 Å². The van der Waals surface area contributed by atoms with Crippen molar-refractivity contribution >= 4 is 23.1 Å². The summed E-state index contributed by atoms with van der Waals surface area (Å²) >= 11 is 0. The van der Waals surface area contributed by atoms with Gasteiger partial charge in [-0.05, 0) is 66.8 Å². The van der Waals surface area contributed by atoms with E-state index in [1.807, 2.05) is 30.5 Å². The third-order valence-corrected chi connectivity index (χ3v) is 7.49. The summed E-state index contributed by atoms with van der Waals surface area (Å²) in [5.74, 6) is 1.45. The number of ether oxygens (including phenoxy) is 3. The highest BCUT2D eigenvalue weighted by atomic mass is 16.5. The van der Waals surface area contributed by atoms with E-state index in [1.54, 1.807) is 37.7 Å². The van der Waals surface area contributed by atoms with Crippen molar-refractivity contribution in [2.45, 2.75) is 45.3 Å². The van der Waals surface area contributed by atoms with Crippen molar-refractivity contribution in [3.63, 3.8) is 0 Å². The monoisotopic (exact) mass is 586 g/mol. The number of aromatic nitrogens is 3. The third-order valence-electron chi connectivity index (χ3n) is 7.49. The normalized spacial score (nSPS) is 14.5. The molecule has 4 aromatic rings. The fraction of sp³-hybridized carbons (Fsp3) is 0.323. The highest BCUT2D eigenvalue weighted by Crippen LogP contribution is 2.50. The van der Waals surface area contributed by atoms with Crippen molar-refractivity contribution in [2.75, 3.05) is 26.6 Å². The van der Waals surface area contributed by atoms with Crippen LogP contribution in [0.2, 0.25) is 0 Å². The van der Waals surface area contributed by atoms with Crippen molar-refractivity contribution in [3.8, 4) is 28.4 Å². The summed E-state index contributed by atoms with van der Waals surface area (Å²) in [5, 5.41) is 17.1. The zero-order valence-electron chi connectivity index (χ0n) is 24.7. The number of anilines is 1. The Morgan fingerprint density at radius 1 is 1.05 bits per heavy atom. The standard InChI is InChI=1S/C31H34N6O6/c1-17(31(40)32-16-27-36-35-26-8-6-7-13-37(26)27)33-23-12-10-20-21(15-24(23)39)22(34-18(2)38)11-9-19-14-25(41-3)29(42-4)30(43-5)28(19)20/h6-8,10,12-15,17,22H,9,11,16H2,1-5H3,(H,32,40)(H,33,39)(H,34,38)/t17-,22-/m0/s1. The lowest BCUT2D eigenvalue weighted by Gasteiger charge is -2.19.